The van der Waals surface area contributed by atoms with Gasteiger partial charge in [-0.1, -0.05) is 37.5 Å². The molecule has 1 aromatic heterocycles. The van der Waals surface area contributed by atoms with Gasteiger partial charge in [-0.15, -0.1) is 0 Å². The first-order chi connectivity index (χ1) is 11.3. The maximum absolute atomic E-state index is 12.8. The van der Waals surface area contributed by atoms with Crippen molar-refractivity contribution in [2.75, 3.05) is 11.5 Å². The van der Waals surface area contributed by atoms with Crippen LogP contribution in [0.5, 0.6) is 5.75 Å². The number of para-hydroxylation sites is 1. The number of carbonyl (C=O) groups excluding carboxylic acids is 1. The lowest BCUT2D eigenvalue weighted by atomic mass is 9.94. The van der Waals surface area contributed by atoms with Gasteiger partial charge in [-0.25, -0.2) is 0 Å². The van der Waals surface area contributed by atoms with Crippen LogP contribution in [0.2, 0.25) is 0 Å². The Morgan fingerprint density at radius 3 is 2.70 bits per heavy atom. The summed E-state index contributed by atoms with van der Waals surface area (Å²) in [4.78, 5) is 14.8. The highest BCUT2D eigenvalue weighted by molar-refractivity contribution is 7.08. The molecule has 1 fully saturated rings. The van der Waals surface area contributed by atoms with Gasteiger partial charge in [-0.05, 0) is 42.8 Å². The number of carbonyl (C=O) groups is 1. The molecule has 1 amide bonds. The molecule has 23 heavy (non-hydrogen) atoms. The van der Waals surface area contributed by atoms with Gasteiger partial charge in [0.2, 0.25) is 0 Å². The number of hydrogen-bond donors (Lipinski definition) is 0. The van der Waals surface area contributed by atoms with E-state index in [4.69, 9.17) is 4.74 Å². The van der Waals surface area contributed by atoms with Crippen molar-refractivity contribution >= 4 is 22.9 Å². The standard InChI is InChI=1S/C19H23NO2S/c1-15-7-5-6-10-18(15)22-13-19(21)20(17-11-12-23-14-17)16-8-3-2-4-9-16/h5-7,10-12,14,16H,2-4,8-9,13H2,1H3. The van der Waals surface area contributed by atoms with Gasteiger partial charge >= 0.3 is 0 Å². The van der Waals surface area contributed by atoms with Crippen molar-refractivity contribution in [2.45, 2.75) is 45.1 Å². The average molecular weight is 329 g/mol. The van der Waals surface area contributed by atoms with E-state index in [2.05, 4.69) is 5.38 Å². The molecule has 2 aromatic rings. The number of anilines is 1. The van der Waals surface area contributed by atoms with Crippen molar-refractivity contribution < 1.29 is 9.53 Å². The third kappa shape index (κ3) is 3.94. The van der Waals surface area contributed by atoms with Crippen LogP contribution < -0.4 is 9.64 Å². The molecule has 0 unspecified atom stereocenters. The van der Waals surface area contributed by atoms with Crippen LogP contribution >= 0.6 is 11.3 Å². The average Bonchev–Trinajstić information content (AvgIpc) is 3.09. The second kappa shape index (κ2) is 7.64. The van der Waals surface area contributed by atoms with Gasteiger partial charge in [-0.3, -0.25) is 4.79 Å². The molecule has 0 aliphatic heterocycles. The topological polar surface area (TPSA) is 29.5 Å². The minimum atomic E-state index is 0.0542. The van der Waals surface area contributed by atoms with Gasteiger partial charge in [0.05, 0.1) is 5.69 Å². The third-order valence-electron chi connectivity index (χ3n) is 4.44. The second-order valence-electron chi connectivity index (χ2n) is 6.09. The minimum Gasteiger partial charge on any atom is -0.483 e. The Labute approximate surface area is 141 Å². The summed E-state index contributed by atoms with van der Waals surface area (Å²) in [5, 5.41) is 4.08. The Morgan fingerprint density at radius 1 is 1.22 bits per heavy atom. The molecule has 4 heteroatoms. The molecule has 0 atom stereocenters. The zero-order valence-electron chi connectivity index (χ0n) is 13.5. The summed E-state index contributed by atoms with van der Waals surface area (Å²) in [7, 11) is 0. The van der Waals surface area contributed by atoms with Gasteiger partial charge in [0.25, 0.3) is 5.91 Å². The van der Waals surface area contributed by atoms with Crippen molar-refractivity contribution in [2.24, 2.45) is 0 Å². The van der Waals surface area contributed by atoms with Crippen LogP contribution in [0.15, 0.2) is 41.1 Å². The quantitative estimate of drug-likeness (QED) is 0.788. The van der Waals surface area contributed by atoms with Crippen LogP contribution in [0.3, 0.4) is 0 Å². The highest BCUT2D eigenvalue weighted by Gasteiger charge is 2.27. The summed E-state index contributed by atoms with van der Waals surface area (Å²) in [6.07, 6.45) is 5.87. The zero-order chi connectivity index (χ0) is 16.1. The molecule has 0 spiro atoms. The van der Waals surface area contributed by atoms with E-state index < -0.39 is 0 Å². The number of ether oxygens (including phenoxy) is 1. The van der Waals surface area contributed by atoms with Crippen LogP contribution in [0.1, 0.15) is 37.7 Å². The normalized spacial score (nSPS) is 15.3. The summed E-state index contributed by atoms with van der Waals surface area (Å²) in [5.74, 6) is 0.841. The number of aryl methyl sites for hydroxylation is 1. The van der Waals surface area contributed by atoms with Crippen LogP contribution in [-0.2, 0) is 4.79 Å². The van der Waals surface area contributed by atoms with Gasteiger partial charge in [0.1, 0.15) is 5.75 Å². The zero-order valence-corrected chi connectivity index (χ0v) is 14.3. The molecule has 0 saturated heterocycles. The third-order valence-corrected chi connectivity index (χ3v) is 5.11. The fraction of sp³-hybridized carbons (Fsp3) is 0.421. The fourth-order valence-corrected chi connectivity index (χ4v) is 3.85. The largest absolute Gasteiger partial charge is 0.483 e. The summed E-state index contributed by atoms with van der Waals surface area (Å²) >= 11 is 1.63. The summed E-state index contributed by atoms with van der Waals surface area (Å²) in [5.41, 5.74) is 2.07. The monoisotopic (exact) mass is 329 g/mol. The summed E-state index contributed by atoms with van der Waals surface area (Å²) in [6.45, 7) is 2.09. The highest BCUT2D eigenvalue weighted by Crippen LogP contribution is 2.29. The lowest BCUT2D eigenvalue weighted by Gasteiger charge is -2.33. The first kappa shape index (κ1) is 16.1. The molecule has 1 heterocycles. The van der Waals surface area contributed by atoms with E-state index in [9.17, 15) is 4.79 Å². The van der Waals surface area contributed by atoms with E-state index in [1.807, 2.05) is 47.5 Å². The van der Waals surface area contributed by atoms with Gasteiger partial charge in [0, 0.05) is 11.4 Å². The Morgan fingerprint density at radius 2 is 2.00 bits per heavy atom. The number of benzene rings is 1. The molecule has 0 radical (unpaired) electrons. The smallest absolute Gasteiger partial charge is 0.265 e. The molecule has 1 aliphatic rings. The predicted octanol–water partition coefficient (Wildman–Crippen LogP) is 4.80. The second-order valence-corrected chi connectivity index (χ2v) is 6.87. The van der Waals surface area contributed by atoms with Crippen LogP contribution in [0.4, 0.5) is 5.69 Å². The van der Waals surface area contributed by atoms with E-state index in [1.54, 1.807) is 11.3 Å². The van der Waals surface area contributed by atoms with E-state index in [-0.39, 0.29) is 12.5 Å². The fourth-order valence-electron chi connectivity index (χ4n) is 3.22. The SMILES string of the molecule is Cc1ccccc1OCC(=O)N(c1ccsc1)C1CCCCC1. The van der Waals surface area contributed by atoms with E-state index in [1.165, 1.54) is 19.3 Å². The molecule has 3 nitrogen and oxygen atoms in total. The van der Waals surface area contributed by atoms with Crippen molar-refractivity contribution in [3.63, 3.8) is 0 Å². The molecular formula is C19H23NO2S. The molecule has 1 aliphatic carbocycles. The van der Waals surface area contributed by atoms with E-state index >= 15 is 0 Å². The van der Waals surface area contributed by atoms with Crippen LogP contribution in [0.25, 0.3) is 0 Å². The maximum atomic E-state index is 12.8. The lowest BCUT2D eigenvalue weighted by Crippen LogP contribution is -2.44. The van der Waals surface area contributed by atoms with E-state index in [0.29, 0.717) is 6.04 Å². The first-order valence-electron chi connectivity index (χ1n) is 8.28. The van der Waals surface area contributed by atoms with Crippen LogP contribution in [-0.4, -0.2) is 18.6 Å². The van der Waals surface area contributed by atoms with Crippen molar-refractivity contribution in [3.8, 4) is 5.75 Å². The summed E-state index contributed by atoms with van der Waals surface area (Å²) < 4.78 is 5.78. The molecule has 1 aromatic carbocycles. The number of amides is 1. The molecule has 122 valence electrons. The van der Waals surface area contributed by atoms with Gasteiger partial charge in [-0.2, -0.15) is 11.3 Å². The van der Waals surface area contributed by atoms with Gasteiger partial charge in [0.15, 0.2) is 6.61 Å². The van der Waals surface area contributed by atoms with E-state index in [0.717, 1.165) is 29.8 Å². The molecule has 0 N–H and O–H groups in total. The highest BCUT2D eigenvalue weighted by atomic mass is 32.1. The number of hydrogen-bond acceptors (Lipinski definition) is 3. The van der Waals surface area contributed by atoms with Gasteiger partial charge < -0.3 is 9.64 Å². The molecule has 3 rings (SSSR count). The maximum Gasteiger partial charge on any atom is 0.265 e. The summed E-state index contributed by atoms with van der Waals surface area (Å²) in [6, 6.07) is 10.2. The van der Waals surface area contributed by atoms with Crippen LogP contribution in [0, 0.1) is 6.92 Å². The minimum absolute atomic E-state index is 0.0542. The van der Waals surface area contributed by atoms with Crippen molar-refractivity contribution in [3.05, 3.63) is 46.7 Å². The lowest BCUT2D eigenvalue weighted by molar-refractivity contribution is -0.121. The van der Waals surface area contributed by atoms with Crippen molar-refractivity contribution in [1.82, 2.24) is 0 Å². The molecule has 1 saturated carbocycles. The molecular weight excluding hydrogens is 306 g/mol. The van der Waals surface area contributed by atoms with Crippen molar-refractivity contribution in [1.29, 1.82) is 0 Å². The number of rotatable bonds is 5. The first-order valence-corrected chi connectivity index (χ1v) is 9.22. The molecule has 0 bridgehead atoms. The number of thiophene rings is 1. The predicted molar refractivity (Wildman–Crippen MR) is 95.4 cm³/mol. The Kier molecular flexibility index (Phi) is 5.34. The Hall–Kier alpha value is -1.81. The Bertz CT molecular complexity index is 633. The Balaban J connectivity index is 1.71. The number of nitrogens with zero attached hydrogens (tertiary/aromatic N) is 1.